The van der Waals surface area contributed by atoms with E-state index in [2.05, 4.69) is 145 Å². The lowest BCUT2D eigenvalue weighted by Crippen LogP contribution is -2.24. The van der Waals surface area contributed by atoms with Crippen LogP contribution in [0.3, 0.4) is 0 Å². The van der Waals surface area contributed by atoms with Crippen LogP contribution in [-0.4, -0.2) is 0 Å². The maximum Gasteiger partial charge on any atom is 0.0414 e. The molecule has 4 rings (SSSR count). The van der Waals surface area contributed by atoms with Gasteiger partial charge in [-0.3, -0.25) is 0 Å². The van der Waals surface area contributed by atoms with Crippen LogP contribution >= 0.6 is 0 Å². The summed E-state index contributed by atoms with van der Waals surface area (Å²) in [5, 5.41) is 3.54. The fourth-order valence-electron chi connectivity index (χ4n) is 5.25. The molecule has 0 unspecified atom stereocenters. The van der Waals surface area contributed by atoms with E-state index in [1.54, 1.807) is 0 Å². The zero-order valence-electron chi connectivity index (χ0n) is 24.4. The van der Waals surface area contributed by atoms with Crippen LogP contribution in [0.25, 0.3) is 22.3 Å². The summed E-state index contributed by atoms with van der Waals surface area (Å²) in [6, 6.07) is 33.2. The van der Waals surface area contributed by atoms with Crippen LogP contribution in [0.1, 0.15) is 71.6 Å². The zero-order chi connectivity index (χ0) is 27.2. The van der Waals surface area contributed by atoms with Crippen LogP contribution in [0.2, 0.25) is 0 Å². The molecule has 0 bridgehead atoms. The molecule has 0 radical (unpaired) electrons. The molecule has 1 N–H and O–H groups in total. The summed E-state index contributed by atoms with van der Waals surface area (Å²) in [6.45, 7) is 19.9. The van der Waals surface area contributed by atoms with Crippen molar-refractivity contribution in [1.82, 2.24) is 0 Å². The van der Waals surface area contributed by atoms with Crippen molar-refractivity contribution in [3.63, 3.8) is 0 Å². The van der Waals surface area contributed by atoms with E-state index in [4.69, 9.17) is 0 Å². The minimum Gasteiger partial charge on any atom is -0.355 e. The van der Waals surface area contributed by atoms with Crippen LogP contribution in [0, 0.1) is 19.3 Å². The van der Waals surface area contributed by atoms with Crippen molar-refractivity contribution in [2.75, 3.05) is 5.32 Å². The zero-order valence-corrected chi connectivity index (χ0v) is 24.4. The fraction of sp³-hybridized carbons (Fsp3) is 0.333. The van der Waals surface area contributed by atoms with Gasteiger partial charge in [0.1, 0.15) is 0 Å². The second-order valence-electron chi connectivity index (χ2n) is 11.8. The molecule has 0 aromatic heterocycles. The third-order valence-electron chi connectivity index (χ3n) is 6.74. The smallest absolute Gasteiger partial charge is 0.0414 e. The van der Waals surface area contributed by atoms with Gasteiger partial charge in [-0.15, -0.1) is 0 Å². The SMILES string of the molecule is CC.Cc1ccc(Nc2ccc(-c3ccc(-c4ccc(C(C)(C)CC(C)(C)C)cc4)cc3)cc2)c(C)c1. The molecule has 0 saturated heterocycles. The Kier molecular flexibility index (Phi) is 9.02. The molecule has 4 aromatic rings. The predicted octanol–water partition coefficient (Wildman–Crippen LogP) is 11.1. The molecular formula is C36H45N. The molecule has 194 valence electrons. The van der Waals surface area contributed by atoms with Gasteiger partial charge in [0.25, 0.3) is 0 Å². The number of benzene rings is 4. The molecule has 0 spiro atoms. The van der Waals surface area contributed by atoms with Crippen LogP contribution in [0.15, 0.2) is 91.0 Å². The maximum atomic E-state index is 3.54. The molecule has 37 heavy (non-hydrogen) atoms. The highest BCUT2D eigenvalue weighted by atomic mass is 14.9. The largest absolute Gasteiger partial charge is 0.355 e. The first-order valence-corrected chi connectivity index (χ1v) is 13.7. The van der Waals surface area contributed by atoms with Crippen LogP contribution in [0.5, 0.6) is 0 Å². The third-order valence-corrected chi connectivity index (χ3v) is 6.74. The van der Waals surface area contributed by atoms with E-state index >= 15 is 0 Å². The molecule has 0 fully saturated rings. The van der Waals surface area contributed by atoms with E-state index in [1.165, 1.54) is 38.9 Å². The summed E-state index contributed by atoms with van der Waals surface area (Å²) in [4.78, 5) is 0. The Labute approximate surface area is 226 Å². The lowest BCUT2D eigenvalue weighted by molar-refractivity contribution is 0.284. The molecule has 1 heteroatoms. The summed E-state index contributed by atoms with van der Waals surface area (Å²) >= 11 is 0. The number of hydrogen-bond acceptors (Lipinski definition) is 1. The Morgan fingerprint density at radius 1 is 0.568 bits per heavy atom. The molecular weight excluding hydrogens is 446 g/mol. The molecule has 0 aliphatic carbocycles. The predicted molar refractivity (Wildman–Crippen MR) is 165 cm³/mol. The second-order valence-corrected chi connectivity index (χ2v) is 11.8. The van der Waals surface area contributed by atoms with Gasteiger partial charge in [0, 0.05) is 11.4 Å². The first kappa shape index (κ1) is 28.3. The van der Waals surface area contributed by atoms with Crippen molar-refractivity contribution in [3.8, 4) is 22.3 Å². The van der Waals surface area contributed by atoms with E-state index in [0.29, 0.717) is 5.41 Å². The number of hydrogen-bond donors (Lipinski definition) is 1. The first-order valence-electron chi connectivity index (χ1n) is 13.7. The van der Waals surface area contributed by atoms with Gasteiger partial charge in [-0.05, 0) is 82.7 Å². The van der Waals surface area contributed by atoms with Gasteiger partial charge in [0.2, 0.25) is 0 Å². The summed E-state index contributed by atoms with van der Waals surface area (Å²) in [6.07, 6.45) is 1.16. The van der Waals surface area contributed by atoms with Crippen molar-refractivity contribution in [2.45, 2.75) is 74.1 Å². The standard InChI is InChI=1S/C34H39N.C2H6/c1-24-8-21-32(25(2)22-24)35-31-19-15-29(16-20-31)27-11-9-26(10-12-27)28-13-17-30(18-14-28)34(6,7)23-33(3,4)5;1-2/h8-22,35H,23H2,1-7H3;1-2H3. The topological polar surface area (TPSA) is 12.0 Å². The summed E-state index contributed by atoms with van der Waals surface area (Å²) in [5.74, 6) is 0. The highest BCUT2D eigenvalue weighted by molar-refractivity contribution is 5.73. The summed E-state index contributed by atoms with van der Waals surface area (Å²) < 4.78 is 0. The average Bonchev–Trinajstić information content (AvgIpc) is 2.86. The van der Waals surface area contributed by atoms with E-state index in [-0.39, 0.29) is 5.41 Å². The van der Waals surface area contributed by atoms with E-state index in [1.807, 2.05) is 13.8 Å². The normalized spacial score (nSPS) is 11.5. The fourth-order valence-corrected chi connectivity index (χ4v) is 5.25. The molecule has 1 nitrogen and oxygen atoms in total. The van der Waals surface area contributed by atoms with Gasteiger partial charge >= 0.3 is 0 Å². The average molecular weight is 492 g/mol. The van der Waals surface area contributed by atoms with Crippen molar-refractivity contribution >= 4 is 11.4 Å². The molecule has 4 aromatic carbocycles. The van der Waals surface area contributed by atoms with Gasteiger partial charge < -0.3 is 5.32 Å². The maximum absolute atomic E-state index is 3.54. The van der Waals surface area contributed by atoms with E-state index < -0.39 is 0 Å². The minimum atomic E-state index is 0.166. The van der Waals surface area contributed by atoms with E-state index in [9.17, 15) is 0 Å². The van der Waals surface area contributed by atoms with Gasteiger partial charge in [-0.1, -0.05) is 127 Å². The number of anilines is 2. The molecule has 0 amide bonds. The summed E-state index contributed by atoms with van der Waals surface area (Å²) in [5.41, 5.74) is 11.7. The monoisotopic (exact) mass is 491 g/mol. The number of nitrogens with one attached hydrogen (secondary N) is 1. The Balaban J connectivity index is 0.00000186. The first-order chi connectivity index (χ1) is 17.5. The molecule has 0 heterocycles. The minimum absolute atomic E-state index is 0.166. The van der Waals surface area contributed by atoms with Gasteiger partial charge in [-0.25, -0.2) is 0 Å². The van der Waals surface area contributed by atoms with E-state index in [0.717, 1.165) is 17.8 Å². The van der Waals surface area contributed by atoms with Gasteiger partial charge in [0.15, 0.2) is 0 Å². The lowest BCUT2D eigenvalue weighted by atomic mass is 9.72. The Hall–Kier alpha value is -3.32. The second kappa shape index (κ2) is 11.8. The van der Waals surface area contributed by atoms with Crippen molar-refractivity contribution in [1.29, 1.82) is 0 Å². The molecule has 0 aliphatic heterocycles. The van der Waals surface area contributed by atoms with Crippen LogP contribution in [0.4, 0.5) is 11.4 Å². The molecule has 0 atom stereocenters. The summed E-state index contributed by atoms with van der Waals surface area (Å²) in [7, 11) is 0. The van der Waals surface area contributed by atoms with Gasteiger partial charge in [0.05, 0.1) is 0 Å². The number of aryl methyl sites for hydroxylation is 2. The highest BCUT2D eigenvalue weighted by Crippen LogP contribution is 2.37. The molecule has 0 aliphatic rings. The Morgan fingerprint density at radius 2 is 1.00 bits per heavy atom. The van der Waals surface area contributed by atoms with Gasteiger partial charge in [-0.2, -0.15) is 0 Å². The quantitative estimate of drug-likeness (QED) is 0.283. The number of rotatable bonds is 6. The highest BCUT2D eigenvalue weighted by Gasteiger charge is 2.27. The Bertz CT molecular complexity index is 1270. The van der Waals surface area contributed by atoms with Crippen molar-refractivity contribution in [3.05, 3.63) is 108 Å². The van der Waals surface area contributed by atoms with Crippen LogP contribution < -0.4 is 5.32 Å². The van der Waals surface area contributed by atoms with Crippen molar-refractivity contribution in [2.24, 2.45) is 5.41 Å². The third kappa shape index (κ3) is 7.59. The Morgan fingerprint density at radius 3 is 1.43 bits per heavy atom. The van der Waals surface area contributed by atoms with Crippen LogP contribution in [-0.2, 0) is 5.41 Å². The molecule has 0 saturated carbocycles. The lowest BCUT2D eigenvalue weighted by Gasteiger charge is -2.33. The van der Waals surface area contributed by atoms with Crippen molar-refractivity contribution < 1.29 is 0 Å².